The molecule has 0 spiro atoms. The molecule has 0 N–H and O–H groups in total. The summed E-state index contributed by atoms with van der Waals surface area (Å²) in [6.45, 7) is 3.38. The molecule has 0 saturated carbocycles. The van der Waals surface area contributed by atoms with Crippen molar-refractivity contribution in [3.05, 3.63) is 65.5 Å². The van der Waals surface area contributed by atoms with E-state index in [0.717, 1.165) is 23.2 Å². The summed E-state index contributed by atoms with van der Waals surface area (Å²) in [7, 11) is 4.00. The number of hydrogen-bond donors (Lipinski definition) is 0. The van der Waals surface area contributed by atoms with Gasteiger partial charge in [0, 0.05) is 50.8 Å². The minimum Gasteiger partial charge on any atom is -0.378 e. The maximum absolute atomic E-state index is 12.5. The number of carbonyl (C=O) groups excluding carboxylic acids is 1. The highest BCUT2D eigenvalue weighted by molar-refractivity contribution is 5.79. The lowest BCUT2D eigenvalue weighted by atomic mass is 10.1. The third-order valence-corrected chi connectivity index (χ3v) is 5.46. The van der Waals surface area contributed by atoms with Gasteiger partial charge in [0.15, 0.2) is 5.82 Å². The van der Waals surface area contributed by atoms with Gasteiger partial charge in [-0.2, -0.15) is 4.98 Å². The molecule has 1 aliphatic rings. The van der Waals surface area contributed by atoms with Gasteiger partial charge in [-0.25, -0.2) is 0 Å². The van der Waals surface area contributed by atoms with Crippen molar-refractivity contribution in [3.8, 4) is 11.5 Å². The second kappa shape index (κ2) is 8.07. The molecule has 6 heteroatoms. The van der Waals surface area contributed by atoms with E-state index in [0.29, 0.717) is 31.2 Å². The maximum atomic E-state index is 12.5. The van der Waals surface area contributed by atoms with Crippen molar-refractivity contribution >= 4 is 11.6 Å². The van der Waals surface area contributed by atoms with E-state index in [1.54, 1.807) is 0 Å². The molecule has 0 bridgehead atoms. The first-order valence-corrected chi connectivity index (χ1v) is 10.0. The second-order valence-electron chi connectivity index (χ2n) is 7.74. The van der Waals surface area contributed by atoms with Crippen LogP contribution in [-0.4, -0.2) is 41.6 Å². The fraction of sp³-hybridized carbons (Fsp3) is 0.348. The number of aryl methyl sites for hydroxylation is 1. The number of rotatable bonds is 6. The topological polar surface area (TPSA) is 62.5 Å². The summed E-state index contributed by atoms with van der Waals surface area (Å²) >= 11 is 0. The standard InChI is InChI=1S/C23H26N4O2/c1-4-16-5-7-17(8-6-16)14-27-15-19(13-21(27)28)22-24-23(29-25-22)18-9-11-20(12-10-18)26(2)3/h5-12,19H,4,13-15H2,1-3H3. The van der Waals surface area contributed by atoms with Gasteiger partial charge in [0.2, 0.25) is 5.91 Å². The number of carbonyl (C=O) groups is 1. The molecule has 2 aromatic carbocycles. The lowest BCUT2D eigenvalue weighted by Gasteiger charge is -2.16. The number of aromatic nitrogens is 2. The van der Waals surface area contributed by atoms with E-state index in [2.05, 4.69) is 41.3 Å². The molecular formula is C23H26N4O2. The van der Waals surface area contributed by atoms with Crippen LogP contribution >= 0.6 is 0 Å². The molecule has 1 aliphatic heterocycles. The van der Waals surface area contributed by atoms with Crippen molar-refractivity contribution in [2.45, 2.75) is 32.2 Å². The fourth-order valence-corrected chi connectivity index (χ4v) is 3.62. The first kappa shape index (κ1) is 19.2. The predicted molar refractivity (Wildman–Crippen MR) is 113 cm³/mol. The number of anilines is 1. The van der Waals surface area contributed by atoms with Crippen molar-refractivity contribution < 1.29 is 9.32 Å². The molecule has 1 amide bonds. The molecule has 6 nitrogen and oxygen atoms in total. The molecule has 1 unspecified atom stereocenters. The minimum atomic E-state index is -0.0315. The Morgan fingerprint density at radius 3 is 2.41 bits per heavy atom. The Bertz CT molecular complexity index is 977. The first-order chi connectivity index (χ1) is 14.0. The van der Waals surface area contributed by atoms with Gasteiger partial charge in [-0.3, -0.25) is 4.79 Å². The van der Waals surface area contributed by atoms with Crippen LogP contribution in [0.4, 0.5) is 5.69 Å². The normalized spacial score (nSPS) is 16.4. The van der Waals surface area contributed by atoms with Crippen LogP contribution in [0.3, 0.4) is 0 Å². The Morgan fingerprint density at radius 1 is 1.07 bits per heavy atom. The molecule has 29 heavy (non-hydrogen) atoms. The van der Waals surface area contributed by atoms with Crippen LogP contribution in [0, 0.1) is 0 Å². The molecule has 4 rings (SSSR count). The van der Waals surface area contributed by atoms with Crippen LogP contribution in [0.25, 0.3) is 11.5 Å². The van der Waals surface area contributed by atoms with E-state index in [1.807, 2.05) is 48.2 Å². The van der Waals surface area contributed by atoms with E-state index in [4.69, 9.17) is 4.52 Å². The highest BCUT2D eigenvalue weighted by Crippen LogP contribution is 2.29. The molecular weight excluding hydrogens is 364 g/mol. The average Bonchev–Trinajstić information content (AvgIpc) is 3.36. The Balaban J connectivity index is 1.43. The van der Waals surface area contributed by atoms with E-state index < -0.39 is 0 Å². The van der Waals surface area contributed by atoms with E-state index in [-0.39, 0.29) is 11.8 Å². The minimum absolute atomic E-state index is 0.0315. The third kappa shape index (κ3) is 4.16. The number of benzene rings is 2. The van der Waals surface area contributed by atoms with Crippen molar-refractivity contribution in [1.29, 1.82) is 0 Å². The lowest BCUT2D eigenvalue weighted by Crippen LogP contribution is -2.24. The zero-order valence-corrected chi connectivity index (χ0v) is 17.1. The smallest absolute Gasteiger partial charge is 0.257 e. The summed E-state index contributed by atoms with van der Waals surface area (Å²) in [4.78, 5) is 21.0. The Morgan fingerprint density at radius 2 is 1.76 bits per heavy atom. The van der Waals surface area contributed by atoms with Gasteiger partial charge in [0.05, 0.1) is 0 Å². The van der Waals surface area contributed by atoms with Gasteiger partial charge >= 0.3 is 0 Å². The van der Waals surface area contributed by atoms with E-state index >= 15 is 0 Å². The van der Waals surface area contributed by atoms with E-state index in [9.17, 15) is 4.79 Å². The molecule has 3 aromatic rings. The van der Waals surface area contributed by atoms with Crippen molar-refractivity contribution in [3.63, 3.8) is 0 Å². The lowest BCUT2D eigenvalue weighted by molar-refractivity contribution is -0.128. The van der Waals surface area contributed by atoms with Gasteiger partial charge < -0.3 is 14.3 Å². The highest BCUT2D eigenvalue weighted by atomic mass is 16.5. The Kier molecular flexibility index (Phi) is 5.34. The second-order valence-corrected chi connectivity index (χ2v) is 7.74. The van der Waals surface area contributed by atoms with Crippen LogP contribution < -0.4 is 4.90 Å². The average molecular weight is 390 g/mol. The van der Waals surface area contributed by atoms with Crippen LogP contribution in [-0.2, 0) is 17.8 Å². The van der Waals surface area contributed by atoms with E-state index in [1.165, 1.54) is 5.56 Å². The molecule has 1 aromatic heterocycles. The number of nitrogens with zero attached hydrogens (tertiary/aromatic N) is 4. The van der Waals surface area contributed by atoms with Crippen LogP contribution in [0.15, 0.2) is 53.1 Å². The summed E-state index contributed by atoms with van der Waals surface area (Å²) in [5.74, 6) is 1.20. The summed E-state index contributed by atoms with van der Waals surface area (Å²) in [5, 5.41) is 4.16. The van der Waals surface area contributed by atoms with Gasteiger partial charge in [0.1, 0.15) is 0 Å². The summed E-state index contributed by atoms with van der Waals surface area (Å²) in [6, 6.07) is 16.4. The Labute approximate surface area is 171 Å². The van der Waals surface area contributed by atoms with Gasteiger partial charge in [-0.05, 0) is 41.8 Å². The van der Waals surface area contributed by atoms with Crippen molar-refractivity contribution in [1.82, 2.24) is 15.0 Å². The monoisotopic (exact) mass is 390 g/mol. The number of likely N-dealkylation sites (tertiary alicyclic amines) is 1. The quantitative estimate of drug-likeness (QED) is 0.639. The molecule has 1 fully saturated rings. The third-order valence-electron chi connectivity index (χ3n) is 5.46. The zero-order chi connectivity index (χ0) is 20.4. The molecule has 1 saturated heterocycles. The van der Waals surface area contributed by atoms with Crippen LogP contribution in [0.5, 0.6) is 0 Å². The zero-order valence-electron chi connectivity index (χ0n) is 17.1. The van der Waals surface area contributed by atoms with Crippen molar-refractivity contribution in [2.24, 2.45) is 0 Å². The molecule has 2 heterocycles. The maximum Gasteiger partial charge on any atom is 0.257 e. The molecule has 1 atom stereocenters. The highest BCUT2D eigenvalue weighted by Gasteiger charge is 2.33. The SMILES string of the molecule is CCc1ccc(CN2CC(c3noc(-c4ccc(N(C)C)cc4)n3)CC2=O)cc1. The van der Waals surface area contributed by atoms with Gasteiger partial charge in [-0.1, -0.05) is 36.3 Å². The fourth-order valence-electron chi connectivity index (χ4n) is 3.62. The number of amides is 1. The molecule has 0 aliphatic carbocycles. The predicted octanol–water partition coefficient (Wildman–Crippen LogP) is 3.88. The summed E-state index contributed by atoms with van der Waals surface area (Å²) < 4.78 is 5.47. The van der Waals surface area contributed by atoms with Gasteiger partial charge in [-0.15, -0.1) is 0 Å². The van der Waals surface area contributed by atoms with Crippen molar-refractivity contribution in [2.75, 3.05) is 25.5 Å². The first-order valence-electron chi connectivity index (χ1n) is 10.0. The number of hydrogen-bond acceptors (Lipinski definition) is 5. The summed E-state index contributed by atoms with van der Waals surface area (Å²) in [6.07, 6.45) is 1.44. The molecule has 0 radical (unpaired) electrons. The van der Waals surface area contributed by atoms with Crippen LogP contribution in [0.2, 0.25) is 0 Å². The summed E-state index contributed by atoms with van der Waals surface area (Å²) in [5.41, 5.74) is 4.44. The van der Waals surface area contributed by atoms with Crippen LogP contribution in [0.1, 0.15) is 36.2 Å². The van der Waals surface area contributed by atoms with Gasteiger partial charge in [0.25, 0.3) is 5.89 Å². The molecule has 150 valence electrons. The Hall–Kier alpha value is -3.15. The largest absolute Gasteiger partial charge is 0.378 e.